The molecule has 1 atom stereocenters. The number of amides is 4. The van der Waals surface area contributed by atoms with E-state index in [0.29, 0.717) is 17.9 Å². The quantitative estimate of drug-likeness (QED) is 0.0912. The van der Waals surface area contributed by atoms with E-state index >= 15 is 0 Å². The van der Waals surface area contributed by atoms with Crippen molar-refractivity contribution in [2.45, 2.75) is 65.8 Å². The molecule has 0 aromatic heterocycles. The molecule has 3 aliphatic rings. The van der Waals surface area contributed by atoms with Gasteiger partial charge in [-0.2, -0.15) is 0 Å². The molecule has 7 rings (SSSR count). The van der Waals surface area contributed by atoms with Crippen LogP contribution in [0.4, 0.5) is 11.4 Å². The van der Waals surface area contributed by atoms with Crippen molar-refractivity contribution in [2.75, 3.05) is 55.6 Å². The number of piperazine rings is 1. The number of hydrogen-bond donors (Lipinski definition) is 2. The van der Waals surface area contributed by atoms with E-state index < -0.39 is 23.8 Å². The van der Waals surface area contributed by atoms with E-state index in [-0.39, 0.29) is 18.6 Å². The molecule has 1 unspecified atom stereocenters. The number of aryl methyl sites for hydroxylation is 1. The summed E-state index contributed by atoms with van der Waals surface area (Å²) in [7, 11) is 0. The van der Waals surface area contributed by atoms with Gasteiger partial charge in [0.15, 0.2) is 0 Å². The van der Waals surface area contributed by atoms with Crippen LogP contribution in [0.2, 0.25) is 0 Å². The van der Waals surface area contributed by atoms with Gasteiger partial charge in [0.25, 0.3) is 5.91 Å². The SMILES string of the molecule is CC.CC/C(=C(\c1ccc(O)cc1)c1ccc(N2CCC(CN3CCN(c4ccc(C(=O)N(C=O)C5CCC(=O)NC5=O)c(C)c4)CC3)CC2)cc1)c1ccccc1. The third-order valence-electron chi connectivity index (χ3n) is 11.7. The molecule has 4 aromatic carbocycles. The second-order valence-electron chi connectivity index (χ2n) is 15.2. The maximum Gasteiger partial charge on any atom is 0.261 e. The molecular weight excluding hydrogens is 727 g/mol. The molecule has 3 aliphatic heterocycles. The van der Waals surface area contributed by atoms with Gasteiger partial charge in [0.2, 0.25) is 18.2 Å². The van der Waals surface area contributed by atoms with Crippen molar-refractivity contribution in [2.24, 2.45) is 5.92 Å². The third-order valence-corrected chi connectivity index (χ3v) is 11.7. The minimum Gasteiger partial charge on any atom is -0.508 e. The van der Waals surface area contributed by atoms with Crippen molar-refractivity contribution in [1.82, 2.24) is 15.1 Å². The van der Waals surface area contributed by atoms with E-state index in [4.69, 9.17) is 0 Å². The van der Waals surface area contributed by atoms with Crippen molar-refractivity contribution < 1.29 is 24.3 Å². The zero-order valence-corrected chi connectivity index (χ0v) is 34.3. The number of nitrogens with zero attached hydrogens (tertiary/aromatic N) is 4. The van der Waals surface area contributed by atoms with Gasteiger partial charge in [0.05, 0.1) is 0 Å². The Morgan fingerprint density at radius 3 is 1.97 bits per heavy atom. The molecule has 3 fully saturated rings. The fraction of sp³-hybridized carbons (Fsp3) is 0.375. The average molecular weight is 784 g/mol. The van der Waals surface area contributed by atoms with Gasteiger partial charge < -0.3 is 14.9 Å². The van der Waals surface area contributed by atoms with Crippen LogP contribution in [0.3, 0.4) is 0 Å². The number of allylic oxidation sites excluding steroid dienone is 1. The minimum absolute atomic E-state index is 0.0882. The Hall–Kier alpha value is -5.74. The van der Waals surface area contributed by atoms with Crippen LogP contribution < -0.4 is 15.1 Å². The Morgan fingerprint density at radius 2 is 1.38 bits per heavy atom. The number of phenolic OH excluding ortho intramolecular Hbond substituents is 1. The highest BCUT2D eigenvalue weighted by Gasteiger charge is 2.35. The summed E-state index contributed by atoms with van der Waals surface area (Å²) >= 11 is 0. The predicted molar refractivity (Wildman–Crippen MR) is 232 cm³/mol. The first-order valence-electron chi connectivity index (χ1n) is 20.8. The molecule has 10 heteroatoms. The number of nitrogens with one attached hydrogen (secondary N) is 1. The highest BCUT2D eigenvalue weighted by atomic mass is 16.3. The second-order valence-corrected chi connectivity index (χ2v) is 15.2. The Labute approximate surface area is 343 Å². The molecule has 4 amide bonds. The monoisotopic (exact) mass is 783 g/mol. The van der Waals surface area contributed by atoms with Gasteiger partial charge in [0.1, 0.15) is 11.8 Å². The maximum atomic E-state index is 13.3. The van der Waals surface area contributed by atoms with Crippen LogP contribution in [0, 0.1) is 12.8 Å². The van der Waals surface area contributed by atoms with Crippen LogP contribution in [-0.4, -0.2) is 90.9 Å². The molecule has 3 heterocycles. The molecule has 0 radical (unpaired) electrons. The summed E-state index contributed by atoms with van der Waals surface area (Å²) < 4.78 is 0. The summed E-state index contributed by atoms with van der Waals surface area (Å²) in [4.78, 5) is 57.5. The van der Waals surface area contributed by atoms with E-state index in [1.165, 1.54) is 28.0 Å². The summed E-state index contributed by atoms with van der Waals surface area (Å²) in [6, 6.07) is 31.7. The van der Waals surface area contributed by atoms with Crippen molar-refractivity contribution in [3.05, 3.63) is 125 Å². The summed E-state index contributed by atoms with van der Waals surface area (Å²) in [5.74, 6) is -0.636. The van der Waals surface area contributed by atoms with E-state index in [1.807, 2.05) is 51.1 Å². The van der Waals surface area contributed by atoms with Crippen molar-refractivity contribution >= 4 is 46.7 Å². The van der Waals surface area contributed by atoms with Crippen LogP contribution in [0.25, 0.3) is 11.1 Å². The summed E-state index contributed by atoms with van der Waals surface area (Å²) in [5.41, 5.74) is 9.34. The number of hydrogen-bond acceptors (Lipinski definition) is 8. The Bertz CT molecular complexity index is 2070. The molecule has 58 heavy (non-hydrogen) atoms. The highest BCUT2D eigenvalue weighted by molar-refractivity contribution is 6.07. The number of rotatable bonds is 11. The zero-order chi connectivity index (χ0) is 41.2. The smallest absolute Gasteiger partial charge is 0.261 e. The van der Waals surface area contributed by atoms with Crippen molar-refractivity contribution in [3.8, 4) is 5.75 Å². The maximum absolute atomic E-state index is 13.3. The average Bonchev–Trinajstić information content (AvgIpc) is 3.26. The fourth-order valence-corrected chi connectivity index (χ4v) is 8.51. The lowest BCUT2D eigenvalue weighted by atomic mass is 9.88. The summed E-state index contributed by atoms with van der Waals surface area (Å²) in [6.07, 6.45) is 3.80. The van der Waals surface area contributed by atoms with Gasteiger partial charge in [-0.1, -0.05) is 75.4 Å². The van der Waals surface area contributed by atoms with Gasteiger partial charge >= 0.3 is 0 Å². The number of imide groups is 2. The minimum atomic E-state index is -0.988. The number of anilines is 2. The molecule has 3 saturated heterocycles. The summed E-state index contributed by atoms with van der Waals surface area (Å²) in [5, 5.41) is 12.2. The third kappa shape index (κ3) is 9.68. The van der Waals surface area contributed by atoms with Crippen molar-refractivity contribution in [3.63, 3.8) is 0 Å². The van der Waals surface area contributed by atoms with Crippen LogP contribution >= 0.6 is 0 Å². The number of carbonyl (C=O) groups is 4. The van der Waals surface area contributed by atoms with Crippen LogP contribution in [-0.2, 0) is 14.4 Å². The van der Waals surface area contributed by atoms with Gasteiger partial charge in [-0.3, -0.25) is 34.3 Å². The summed E-state index contributed by atoms with van der Waals surface area (Å²) in [6.45, 7) is 14.9. The molecule has 4 aromatic rings. The number of benzene rings is 4. The van der Waals surface area contributed by atoms with E-state index in [9.17, 15) is 24.3 Å². The fourth-order valence-electron chi connectivity index (χ4n) is 8.51. The zero-order valence-electron chi connectivity index (χ0n) is 34.3. The lowest BCUT2D eigenvalue weighted by Crippen LogP contribution is -2.54. The van der Waals surface area contributed by atoms with Crippen molar-refractivity contribution in [1.29, 1.82) is 0 Å². The molecule has 2 N–H and O–H groups in total. The second kappa shape index (κ2) is 19.6. The van der Waals surface area contributed by atoms with Crippen LogP contribution in [0.1, 0.15) is 85.5 Å². The van der Waals surface area contributed by atoms with Gasteiger partial charge in [-0.05, 0) is 114 Å². The first kappa shape index (κ1) is 41.9. The van der Waals surface area contributed by atoms with Crippen LogP contribution in [0.15, 0.2) is 97.1 Å². The van der Waals surface area contributed by atoms with Gasteiger partial charge in [0, 0.05) is 69.2 Å². The predicted octanol–water partition coefficient (Wildman–Crippen LogP) is 7.54. The standard InChI is InChI=1S/C46H51N5O5.C2H6/c1-3-40(34-7-5-4-6-8-34)44(36-11-16-39(53)17-12-36)35-9-13-37(14-10-35)49-23-21-33(22-24-49)30-48-25-27-50(28-26-48)38-15-18-41(32(2)29-38)46(56)51(31-52)42-19-20-43(54)47-45(42)55;1-2/h4-18,29,31,33,42,53H,3,19-28,30H2,1-2H3,(H,47,54,55);1-2H3/b44-40+;. The number of carbonyl (C=O) groups excluding carboxylic acids is 4. The largest absolute Gasteiger partial charge is 0.508 e. The van der Waals surface area contributed by atoms with Gasteiger partial charge in [-0.15, -0.1) is 0 Å². The highest BCUT2D eigenvalue weighted by Crippen LogP contribution is 2.36. The van der Waals surface area contributed by atoms with Gasteiger partial charge in [-0.25, -0.2) is 0 Å². The Morgan fingerprint density at radius 1 is 0.776 bits per heavy atom. The lowest BCUT2D eigenvalue weighted by Gasteiger charge is -2.40. The molecule has 10 nitrogen and oxygen atoms in total. The van der Waals surface area contributed by atoms with E-state index in [2.05, 4.69) is 75.5 Å². The Balaban J connectivity index is 0.00000279. The van der Waals surface area contributed by atoms with Crippen LogP contribution in [0.5, 0.6) is 5.75 Å². The van der Waals surface area contributed by atoms with E-state index in [0.717, 1.165) is 86.8 Å². The molecule has 0 saturated carbocycles. The molecule has 0 bridgehead atoms. The number of piperidine rings is 2. The molecule has 0 aliphatic carbocycles. The first-order valence-corrected chi connectivity index (χ1v) is 20.8. The molecular formula is C48H57N5O5. The first-order chi connectivity index (χ1) is 28.2. The number of phenols is 1. The lowest BCUT2D eigenvalue weighted by molar-refractivity contribution is -0.139. The number of aromatic hydroxyl groups is 1. The molecule has 304 valence electrons. The topological polar surface area (TPSA) is 114 Å². The van der Waals surface area contributed by atoms with E-state index in [1.54, 1.807) is 18.2 Å². The molecule has 0 spiro atoms. The normalized spacial score (nSPS) is 18.1. The Kier molecular flexibility index (Phi) is 14.2.